The fourth-order valence-electron chi connectivity index (χ4n) is 0.154. The Balaban J connectivity index is 0. The third kappa shape index (κ3) is 11.5. The zero-order valence-electron chi connectivity index (χ0n) is 6.03. The number of ketones is 1. The van der Waals surface area contributed by atoms with Gasteiger partial charge in [-0.05, 0) is 0 Å². The first kappa shape index (κ1) is 13.3. The van der Waals surface area contributed by atoms with Crippen molar-refractivity contribution in [2.75, 3.05) is 10.7 Å². The molecule has 0 amide bonds. The van der Waals surface area contributed by atoms with Gasteiger partial charge in [0.05, 0.1) is 10.7 Å². The summed E-state index contributed by atoms with van der Waals surface area (Å²) in [6.07, 6.45) is 0. The SMILES string of the molecule is CC(C)C(=O)CBr.ClCCl. The van der Waals surface area contributed by atoms with Gasteiger partial charge in [0.25, 0.3) is 0 Å². The average Bonchev–Trinajstić information content (AvgIpc) is 1.88. The van der Waals surface area contributed by atoms with Crippen LogP contribution in [0.5, 0.6) is 0 Å². The van der Waals surface area contributed by atoms with Crippen LogP contribution in [-0.2, 0) is 4.79 Å². The van der Waals surface area contributed by atoms with Crippen LogP contribution < -0.4 is 0 Å². The molecule has 0 fully saturated rings. The molecule has 0 spiro atoms. The Kier molecular flexibility index (Phi) is 13.0. The quantitative estimate of drug-likeness (QED) is 0.688. The molecule has 62 valence electrons. The van der Waals surface area contributed by atoms with Gasteiger partial charge in [-0.2, -0.15) is 0 Å². The highest BCUT2D eigenvalue weighted by molar-refractivity contribution is 9.09. The fraction of sp³-hybridized carbons (Fsp3) is 0.833. The van der Waals surface area contributed by atoms with Crippen molar-refractivity contribution < 1.29 is 4.79 Å². The number of carbonyl (C=O) groups excluding carboxylic acids is 1. The highest BCUT2D eigenvalue weighted by Crippen LogP contribution is 1.95. The maximum absolute atomic E-state index is 10.5. The van der Waals surface area contributed by atoms with E-state index in [9.17, 15) is 4.79 Å². The zero-order chi connectivity index (χ0) is 8.57. The van der Waals surface area contributed by atoms with E-state index in [0.29, 0.717) is 5.33 Å². The molecule has 0 aliphatic heterocycles. The maximum Gasteiger partial charge on any atom is 0.145 e. The summed E-state index contributed by atoms with van der Waals surface area (Å²) in [6, 6.07) is 0. The van der Waals surface area contributed by atoms with Crippen LogP contribution in [0.3, 0.4) is 0 Å². The van der Waals surface area contributed by atoms with Crippen LogP contribution in [0.25, 0.3) is 0 Å². The molecule has 0 aromatic heterocycles. The lowest BCUT2D eigenvalue weighted by molar-refractivity contribution is -0.119. The zero-order valence-corrected chi connectivity index (χ0v) is 9.13. The first-order valence-corrected chi connectivity index (χ1v) is 4.99. The second-order valence-corrected chi connectivity index (χ2v) is 3.22. The molecule has 0 aromatic carbocycles. The number of alkyl halides is 3. The molecule has 0 aliphatic rings. The molecule has 1 nitrogen and oxygen atoms in total. The number of carbonyl (C=O) groups is 1. The molecule has 0 heterocycles. The third-order valence-electron chi connectivity index (χ3n) is 0.776. The van der Waals surface area contributed by atoms with Gasteiger partial charge in [0.2, 0.25) is 0 Å². The minimum atomic E-state index is 0.180. The molecule has 0 N–H and O–H groups in total. The Morgan fingerprint density at radius 3 is 1.80 bits per heavy atom. The molecular weight excluding hydrogens is 239 g/mol. The predicted molar refractivity (Wildman–Crippen MR) is 50.2 cm³/mol. The molecule has 4 heteroatoms. The Labute approximate surface area is 80.2 Å². The van der Waals surface area contributed by atoms with E-state index >= 15 is 0 Å². The average molecular weight is 250 g/mol. The van der Waals surface area contributed by atoms with Crippen molar-refractivity contribution >= 4 is 44.9 Å². The van der Waals surface area contributed by atoms with Gasteiger partial charge in [0, 0.05) is 5.92 Å². The van der Waals surface area contributed by atoms with Crippen LogP contribution in [0.15, 0.2) is 0 Å². The van der Waals surface area contributed by atoms with Crippen LogP contribution in [0.1, 0.15) is 13.8 Å². The summed E-state index contributed by atoms with van der Waals surface area (Å²) >= 11 is 12.6. The lowest BCUT2D eigenvalue weighted by Crippen LogP contribution is -2.06. The second-order valence-electron chi connectivity index (χ2n) is 1.86. The van der Waals surface area contributed by atoms with E-state index in [-0.39, 0.29) is 17.0 Å². The number of Topliss-reactive ketones (excluding diaryl/α,β-unsaturated/α-hetero) is 1. The Morgan fingerprint density at radius 1 is 1.50 bits per heavy atom. The van der Waals surface area contributed by atoms with Crippen molar-refractivity contribution in [1.29, 1.82) is 0 Å². The van der Waals surface area contributed by atoms with E-state index in [4.69, 9.17) is 23.2 Å². The van der Waals surface area contributed by atoms with Crippen LogP contribution >= 0.6 is 39.1 Å². The first-order chi connectivity index (χ1) is 4.59. The standard InChI is InChI=1S/C5H9BrO.CH2Cl2/c1-4(2)5(7)3-6;2-1-3/h4H,3H2,1-2H3;1H2. The number of halogens is 3. The van der Waals surface area contributed by atoms with Gasteiger partial charge in [0.1, 0.15) is 5.78 Å². The van der Waals surface area contributed by atoms with Gasteiger partial charge in [-0.25, -0.2) is 0 Å². The predicted octanol–water partition coefficient (Wildman–Crippen LogP) is 3.03. The second kappa shape index (κ2) is 9.73. The van der Waals surface area contributed by atoms with E-state index in [0.717, 1.165) is 0 Å². The summed E-state index contributed by atoms with van der Waals surface area (Å²) in [5.74, 6) is 0.444. The monoisotopic (exact) mass is 248 g/mol. The number of hydrogen-bond acceptors (Lipinski definition) is 1. The molecule has 0 saturated heterocycles. The molecule has 0 aromatic rings. The van der Waals surface area contributed by atoms with Crippen molar-refractivity contribution in [3.05, 3.63) is 0 Å². The third-order valence-corrected chi connectivity index (χ3v) is 1.33. The van der Waals surface area contributed by atoms with Gasteiger partial charge in [-0.3, -0.25) is 4.79 Å². The van der Waals surface area contributed by atoms with Crippen molar-refractivity contribution in [3.8, 4) is 0 Å². The molecular formula is C6H11BrCl2O. The van der Waals surface area contributed by atoms with E-state index < -0.39 is 0 Å². The molecule has 0 unspecified atom stereocenters. The lowest BCUT2D eigenvalue weighted by atomic mass is 10.1. The van der Waals surface area contributed by atoms with Crippen LogP contribution in [-0.4, -0.2) is 16.5 Å². The smallest absolute Gasteiger partial charge is 0.145 e. The molecule has 0 aliphatic carbocycles. The summed E-state index contributed by atoms with van der Waals surface area (Å²) in [4.78, 5) is 10.5. The Morgan fingerprint density at radius 2 is 1.80 bits per heavy atom. The highest BCUT2D eigenvalue weighted by Gasteiger charge is 2.01. The van der Waals surface area contributed by atoms with Crippen LogP contribution in [0, 0.1) is 5.92 Å². The van der Waals surface area contributed by atoms with Crippen molar-refractivity contribution in [1.82, 2.24) is 0 Å². The van der Waals surface area contributed by atoms with E-state index in [1.807, 2.05) is 13.8 Å². The highest BCUT2D eigenvalue weighted by atomic mass is 79.9. The van der Waals surface area contributed by atoms with Crippen molar-refractivity contribution in [2.45, 2.75) is 13.8 Å². The van der Waals surface area contributed by atoms with E-state index in [1.54, 1.807) is 0 Å². The van der Waals surface area contributed by atoms with Crippen molar-refractivity contribution in [3.63, 3.8) is 0 Å². The molecule has 0 bridgehead atoms. The van der Waals surface area contributed by atoms with Gasteiger partial charge in [0.15, 0.2) is 0 Å². The summed E-state index contributed by atoms with van der Waals surface area (Å²) in [5.41, 5.74) is 0. The molecule has 0 rings (SSSR count). The number of rotatable bonds is 2. The summed E-state index contributed by atoms with van der Waals surface area (Å²) < 4.78 is 0. The first-order valence-electron chi connectivity index (χ1n) is 2.80. The van der Waals surface area contributed by atoms with E-state index in [2.05, 4.69) is 15.9 Å². The molecule has 0 atom stereocenters. The summed E-state index contributed by atoms with van der Waals surface area (Å²) in [6.45, 7) is 3.78. The van der Waals surface area contributed by atoms with Gasteiger partial charge >= 0.3 is 0 Å². The Hall–Kier alpha value is 0.730. The van der Waals surface area contributed by atoms with Crippen molar-refractivity contribution in [2.24, 2.45) is 5.92 Å². The van der Waals surface area contributed by atoms with E-state index in [1.165, 1.54) is 0 Å². The maximum atomic E-state index is 10.5. The Bertz CT molecular complexity index is 85.8. The summed E-state index contributed by atoms with van der Waals surface area (Å²) in [5, 5.41) is 0.685. The topological polar surface area (TPSA) is 17.1 Å². The minimum absolute atomic E-state index is 0.180. The summed E-state index contributed by atoms with van der Waals surface area (Å²) in [7, 11) is 0. The minimum Gasteiger partial charge on any atom is -0.298 e. The lowest BCUT2D eigenvalue weighted by Gasteiger charge is -1.95. The van der Waals surface area contributed by atoms with Gasteiger partial charge < -0.3 is 0 Å². The number of hydrogen-bond donors (Lipinski definition) is 0. The van der Waals surface area contributed by atoms with Crippen LogP contribution in [0.2, 0.25) is 0 Å². The van der Waals surface area contributed by atoms with Crippen LogP contribution in [0.4, 0.5) is 0 Å². The van der Waals surface area contributed by atoms with Gasteiger partial charge in [-0.15, -0.1) is 23.2 Å². The largest absolute Gasteiger partial charge is 0.298 e. The molecule has 10 heavy (non-hydrogen) atoms. The van der Waals surface area contributed by atoms with Gasteiger partial charge in [-0.1, -0.05) is 29.8 Å². The molecule has 0 saturated carbocycles. The fourth-order valence-corrected chi connectivity index (χ4v) is 0.802. The normalized spacial score (nSPS) is 8.60. The molecule has 0 radical (unpaired) electrons.